The van der Waals surface area contributed by atoms with Crippen molar-refractivity contribution < 1.29 is 8.78 Å². The molecule has 0 spiro atoms. The second-order valence-electron chi connectivity index (χ2n) is 14.2. The Kier molecular flexibility index (Phi) is 6.51. The predicted octanol–water partition coefficient (Wildman–Crippen LogP) is 15.1. The Hall–Kier alpha value is -6.85. The van der Waals surface area contributed by atoms with Gasteiger partial charge in [0.2, 0.25) is 5.69 Å². The molecule has 7 heteroatoms. The number of rotatable bonds is 3. The molecular formula is C49H25F2N3S2. The summed E-state index contributed by atoms with van der Waals surface area (Å²) in [5, 5.41) is 8.89. The van der Waals surface area contributed by atoms with Crippen molar-refractivity contribution in [3.63, 3.8) is 0 Å². The molecule has 0 radical (unpaired) electrons. The molecule has 12 rings (SSSR count). The van der Waals surface area contributed by atoms with Gasteiger partial charge >= 0.3 is 0 Å². The maximum absolute atomic E-state index is 15.2. The third-order valence-corrected chi connectivity index (χ3v) is 13.6. The lowest BCUT2D eigenvalue weighted by molar-refractivity contribution is 0.584. The van der Waals surface area contributed by atoms with Crippen LogP contribution < -0.4 is 0 Å². The van der Waals surface area contributed by atoms with E-state index in [1.165, 1.54) is 22.2 Å². The maximum Gasteiger partial charge on any atom is 0.234 e. The average Bonchev–Trinajstić information content (AvgIpc) is 3.97. The number of thiophene rings is 2. The average molecular weight is 758 g/mol. The summed E-state index contributed by atoms with van der Waals surface area (Å²) in [6, 6.07) is 49.7. The van der Waals surface area contributed by atoms with Crippen LogP contribution in [-0.4, -0.2) is 9.13 Å². The fourth-order valence-corrected chi connectivity index (χ4v) is 11.5. The van der Waals surface area contributed by atoms with Crippen molar-refractivity contribution in [2.75, 3.05) is 0 Å². The predicted molar refractivity (Wildman–Crippen MR) is 233 cm³/mol. The summed E-state index contributed by atoms with van der Waals surface area (Å²) in [6.45, 7) is 9.06. The number of hydrogen-bond donors (Lipinski definition) is 0. The van der Waals surface area contributed by atoms with E-state index in [1.54, 1.807) is 22.7 Å². The molecule has 4 heterocycles. The van der Waals surface area contributed by atoms with Crippen LogP contribution in [0.3, 0.4) is 0 Å². The van der Waals surface area contributed by atoms with Gasteiger partial charge in [-0.3, -0.25) is 0 Å². The highest BCUT2D eigenvalue weighted by atomic mass is 32.1. The Morgan fingerprint density at radius 2 is 0.946 bits per heavy atom. The highest BCUT2D eigenvalue weighted by molar-refractivity contribution is 7.27. The molecule has 0 fully saturated rings. The SMILES string of the molecule is [C-]#[N+]c1c(-n2c3ccccc3c3ccc4c5ccccc5sc4c32)ccc(-c2cc(F)cc(F)c2)c1-n1c2ccccc2c2ccc3c4ccccc4sc3c21. The summed E-state index contributed by atoms with van der Waals surface area (Å²) in [7, 11) is 0. The summed E-state index contributed by atoms with van der Waals surface area (Å²) in [6.07, 6.45) is 0. The normalized spacial score (nSPS) is 12.1. The number of aromatic nitrogens is 2. The van der Waals surface area contributed by atoms with E-state index >= 15 is 8.78 Å². The molecule has 0 amide bonds. The van der Waals surface area contributed by atoms with Gasteiger partial charge in [0.1, 0.15) is 11.6 Å². The third-order valence-electron chi connectivity index (χ3n) is 11.2. The van der Waals surface area contributed by atoms with Crippen molar-refractivity contribution in [1.82, 2.24) is 9.13 Å². The number of halogens is 2. The molecule has 4 aromatic heterocycles. The Balaban J connectivity index is 1.30. The standard InChI is InChI=1S/C49H25F2N3S2/c1-52-44-41(53-39-14-6-2-10-31(39)35-18-20-37-33-12-4-8-16-42(33)55-48(37)46(35)53)23-22-30(27-24-28(50)26-29(51)25-27)45(44)54-40-15-7-3-11-32(40)36-19-21-38-34-13-5-9-17-43(34)56-49(38)47(36)54/h2-26H. The highest BCUT2D eigenvalue weighted by Gasteiger charge is 2.27. The zero-order valence-corrected chi connectivity index (χ0v) is 31.0. The van der Waals surface area contributed by atoms with Gasteiger partial charge in [-0.2, -0.15) is 0 Å². The van der Waals surface area contributed by atoms with E-state index < -0.39 is 11.6 Å². The molecule has 8 aromatic carbocycles. The Bertz CT molecular complexity index is 3690. The molecular weight excluding hydrogens is 733 g/mol. The van der Waals surface area contributed by atoms with Gasteiger partial charge in [-0.25, -0.2) is 13.6 Å². The quantitative estimate of drug-likeness (QED) is 0.159. The monoisotopic (exact) mass is 757 g/mol. The maximum atomic E-state index is 15.2. The molecule has 0 aliphatic rings. The number of nitrogens with zero attached hydrogens (tertiary/aromatic N) is 3. The largest absolute Gasteiger partial charge is 0.318 e. The number of fused-ring (bicyclic) bond motifs is 14. The van der Waals surface area contributed by atoms with Gasteiger partial charge in [-0.05, 0) is 53.6 Å². The molecule has 0 saturated heterocycles. The molecule has 0 aliphatic carbocycles. The minimum atomic E-state index is -0.678. The molecule has 0 atom stereocenters. The smallest absolute Gasteiger partial charge is 0.234 e. The summed E-state index contributed by atoms with van der Waals surface area (Å²) in [5.41, 5.74) is 6.44. The summed E-state index contributed by atoms with van der Waals surface area (Å²) >= 11 is 3.48. The topological polar surface area (TPSA) is 14.2 Å². The molecule has 0 bridgehead atoms. The number of hydrogen-bond acceptors (Lipinski definition) is 2. The lowest BCUT2D eigenvalue weighted by Gasteiger charge is -2.20. The second kappa shape index (κ2) is 11.6. The van der Waals surface area contributed by atoms with Gasteiger partial charge in [0, 0.05) is 58.6 Å². The van der Waals surface area contributed by atoms with Gasteiger partial charge in [-0.1, -0.05) is 103 Å². The molecule has 56 heavy (non-hydrogen) atoms. The molecule has 0 aliphatic heterocycles. The first kappa shape index (κ1) is 31.5. The Labute approximate surface area is 325 Å². The van der Waals surface area contributed by atoms with Gasteiger partial charge in [0.05, 0.1) is 49.4 Å². The number of para-hydroxylation sites is 2. The van der Waals surface area contributed by atoms with E-state index in [0.29, 0.717) is 28.2 Å². The van der Waals surface area contributed by atoms with E-state index in [1.807, 2.05) is 30.3 Å². The van der Waals surface area contributed by atoms with Crippen molar-refractivity contribution in [3.05, 3.63) is 175 Å². The van der Waals surface area contributed by atoms with Crippen LogP contribution in [0.2, 0.25) is 0 Å². The molecule has 12 aromatic rings. The Morgan fingerprint density at radius 1 is 0.464 bits per heavy atom. The second-order valence-corrected chi connectivity index (χ2v) is 16.3. The van der Waals surface area contributed by atoms with Crippen LogP contribution in [0.4, 0.5) is 14.5 Å². The number of benzene rings is 8. The zero-order chi connectivity index (χ0) is 37.2. The van der Waals surface area contributed by atoms with E-state index in [2.05, 4.69) is 117 Å². The van der Waals surface area contributed by atoms with Gasteiger partial charge in [-0.15, -0.1) is 22.7 Å². The fraction of sp³-hybridized carbons (Fsp3) is 0. The van der Waals surface area contributed by atoms with Crippen LogP contribution in [-0.2, 0) is 0 Å². The summed E-state index contributed by atoms with van der Waals surface area (Å²) in [4.78, 5) is 4.41. The van der Waals surface area contributed by atoms with Crippen LogP contribution in [0, 0.1) is 18.2 Å². The molecule has 0 N–H and O–H groups in total. The Morgan fingerprint density at radius 3 is 1.52 bits per heavy atom. The van der Waals surface area contributed by atoms with Crippen molar-refractivity contribution in [2.45, 2.75) is 0 Å². The lowest BCUT2D eigenvalue weighted by Crippen LogP contribution is -2.03. The summed E-state index contributed by atoms with van der Waals surface area (Å²) in [5.74, 6) is -1.36. The summed E-state index contributed by atoms with van der Waals surface area (Å²) < 4.78 is 39.4. The first-order chi connectivity index (χ1) is 27.6. The van der Waals surface area contributed by atoms with Crippen LogP contribution in [0.25, 0.3) is 111 Å². The molecule has 0 saturated carbocycles. The van der Waals surface area contributed by atoms with Gasteiger partial charge < -0.3 is 9.13 Å². The first-order valence-electron chi connectivity index (χ1n) is 18.3. The molecule has 3 nitrogen and oxygen atoms in total. The van der Waals surface area contributed by atoms with Crippen LogP contribution in [0.1, 0.15) is 0 Å². The van der Waals surface area contributed by atoms with Crippen LogP contribution in [0.5, 0.6) is 0 Å². The van der Waals surface area contributed by atoms with E-state index in [0.717, 1.165) is 79.9 Å². The lowest BCUT2D eigenvalue weighted by atomic mass is 10.00. The minimum absolute atomic E-state index is 0.359. The van der Waals surface area contributed by atoms with Crippen molar-refractivity contribution >= 4 is 112 Å². The van der Waals surface area contributed by atoms with Gasteiger partial charge in [0.25, 0.3) is 0 Å². The zero-order valence-electron chi connectivity index (χ0n) is 29.3. The van der Waals surface area contributed by atoms with Gasteiger partial charge in [0.15, 0.2) is 0 Å². The molecule has 0 unspecified atom stereocenters. The fourth-order valence-electron chi connectivity index (χ4n) is 8.97. The highest BCUT2D eigenvalue weighted by Crippen LogP contribution is 2.50. The van der Waals surface area contributed by atoms with E-state index in [9.17, 15) is 0 Å². The van der Waals surface area contributed by atoms with Crippen molar-refractivity contribution in [2.24, 2.45) is 0 Å². The van der Waals surface area contributed by atoms with Crippen LogP contribution in [0.15, 0.2) is 152 Å². The van der Waals surface area contributed by atoms with E-state index in [4.69, 9.17) is 6.57 Å². The molecule has 262 valence electrons. The minimum Gasteiger partial charge on any atom is -0.318 e. The third kappa shape index (κ3) is 4.23. The van der Waals surface area contributed by atoms with Crippen molar-refractivity contribution in [3.8, 4) is 22.5 Å². The van der Waals surface area contributed by atoms with Crippen molar-refractivity contribution in [1.29, 1.82) is 0 Å². The van der Waals surface area contributed by atoms with Crippen LogP contribution >= 0.6 is 22.7 Å². The van der Waals surface area contributed by atoms with E-state index in [-0.39, 0.29) is 0 Å². The first-order valence-corrected chi connectivity index (χ1v) is 19.9.